The first-order valence-electron chi connectivity index (χ1n) is 4.43. The maximum atomic E-state index is 11.2. The molecule has 0 aliphatic heterocycles. The second kappa shape index (κ2) is 4.55. The highest BCUT2D eigenvalue weighted by Gasteiger charge is 2.06. The molecule has 0 aliphatic carbocycles. The Hall–Kier alpha value is -1.65. The topological polar surface area (TPSA) is 64.0 Å². The summed E-state index contributed by atoms with van der Waals surface area (Å²) in [5.41, 5.74) is 0.623. The smallest absolute Gasteiger partial charge is 0.231 e. The molecule has 0 atom stereocenters. The number of hydrogen-bond donors (Lipinski definition) is 1. The van der Waals surface area contributed by atoms with Gasteiger partial charge in [0.1, 0.15) is 5.78 Å². The van der Waals surface area contributed by atoms with E-state index in [4.69, 9.17) is 0 Å². The van der Waals surface area contributed by atoms with Crippen molar-refractivity contribution < 1.29 is 9.59 Å². The van der Waals surface area contributed by atoms with Gasteiger partial charge in [-0.2, -0.15) is 5.10 Å². The van der Waals surface area contributed by atoms with Crippen LogP contribution in [0.5, 0.6) is 0 Å². The lowest BCUT2D eigenvalue weighted by Gasteiger charge is -1.98. The zero-order chi connectivity index (χ0) is 10.6. The molecule has 0 aliphatic rings. The van der Waals surface area contributed by atoms with Crippen LogP contribution in [0, 0.1) is 0 Å². The van der Waals surface area contributed by atoms with Gasteiger partial charge in [-0.15, -0.1) is 0 Å². The van der Waals surface area contributed by atoms with E-state index in [1.807, 2.05) is 6.92 Å². The summed E-state index contributed by atoms with van der Waals surface area (Å²) in [5.74, 6) is -0.446. The van der Waals surface area contributed by atoms with E-state index in [0.29, 0.717) is 5.69 Å². The SMILES string of the molecule is CCn1cc(NC(=O)CC(C)=O)cn1. The molecule has 14 heavy (non-hydrogen) atoms. The first kappa shape index (κ1) is 10.4. The molecule has 5 heteroatoms. The molecule has 1 aromatic rings. The van der Waals surface area contributed by atoms with Crippen molar-refractivity contribution in [2.24, 2.45) is 0 Å². The third-order valence-corrected chi connectivity index (χ3v) is 1.65. The number of ketones is 1. The minimum atomic E-state index is -0.298. The van der Waals surface area contributed by atoms with Gasteiger partial charge in [0.2, 0.25) is 5.91 Å². The van der Waals surface area contributed by atoms with Gasteiger partial charge in [0.25, 0.3) is 0 Å². The quantitative estimate of drug-likeness (QED) is 0.723. The van der Waals surface area contributed by atoms with Gasteiger partial charge in [-0.25, -0.2) is 0 Å². The van der Waals surface area contributed by atoms with Crippen LogP contribution in [0.1, 0.15) is 20.3 Å². The molecule has 5 nitrogen and oxygen atoms in total. The van der Waals surface area contributed by atoms with Crippen LogP contribution >= 0.6 is 0 Å². The Morgan fingerprint density at radius 2 is 2.29 bits per heavy atom. The van der Waals surface area contributed by atoms with Crippen molar-refractivity contribution in [2.75, 3.05) is 5.32 Å². The molecule has 0 saturated carbocycles. The van der Waals surface area contributed by atoms with Crippen molar-refractivity contribution >= 4 is 17.4 Å². The number of carbonyl (C=O) groups is 2. The highest BCUT2D eigenvalue weighted by atomic mass is 16.2. The van der Waals surface area contributed by atoms with Crippen molar-refractivity contribution in [1.29, 1.82) is 0 Å². The number of anilines is 1. The number of rotatable bonds is 4. The molecule has 76 valence electrons. The van der Waals surface area contributed by atoms with Gasteiger partial charge >= 0.3 is 0 Å². The van der Waals surface area contributed by atoms with Gasteiger partial charge in [0, 0.05) is 12.7 Å². The molecule has 1 rings (SSSR count). The van der Waals surface area contributed by atoms with Gasteiger partial charge in [-0.3, -0.25) is 14.3 Å². The Bertz CT molecular complexity index is 344. The van der Waals surface area contributed by atoms with Crippen LogP contribution in [0.25, 0.3) is 0 Å². The standard InChI is InChI=1S/C9H13N3O2/c1-3-12-6-8(5-10-12)11-9(14)4-7(2)13/h5-6H,3-4H2,1-2H3,(H,11,14). The van der Waals surface area contributed by atoms with E-state index in [-0.39, 0.29) is 18.1 Å². The minimum absolute atomic E-state index is 0.0860. The fourth-order valence-electron chi connectivity index (χ4n) is 1.03. The summed E-state index contributed by atoms with van der Waals surface area (Å²) in [6.07, 6.45) is 3.19. The molecule has 1 amide bonds. The van der Waals surface area contributed by atoms with E-state index in [9.17, 15) is 9.59 Å². The van der Waals surface area contributed by atoms with Crippen molar-refractivity contribution in [2.45, 2.75) is 26.8 Å². The Balaban J connectivity index is 2.51. The largest absolute Gasteiger partial charge is 0.323 e. The molecule has 0 radical (unpaired) electrons. The van der Waals surface area contributed by atoms with E-state index in [1.165, 1.54) is 6.92 Å². The van der Waals surface area contributed by atoms with Crippen molar-refractivity contribution in [1.82, 2.24) is 9.78 Å². The summed E-state index contributed by atoms with van der Waals surface area (Å²) in [4.78, 5) is 21.8. The lowest BCUT2D eigenvalue weighted by molar-refractivity contribution is -0.124. The molecular formula is C9H13N3O2. The Morgan fingerprint density at radius 1 is 1.57 bits per heavy atom. The summed E-state index contributed by atoms with van der Waals surface area (Å²) in [5, 5.41) is 6.57. The molecule has 1 aromatic heterocycles. The van der Waals surface area contributed by atoms with Crippen molar-refractivity contribution in [3.05, 3.63) is 12.4 Å². The number of carbonyl (C=O) groups excluding carboxylic acids is 2. The third kappa shape index (κ3) is 3.01. The van der Waals surface area contributed by atoms with Crippen LogP contribution in [0.2, 0.25) is 0 Å². The van der Waals surface area contributed by atoms with E-state index in [2.05, 4.69) is 10.4 Å². The number of nitrogens with zero attached hydrogens (tertiary/aromatic N) is 2. The van der Waals surface area contributed by atoms with Crippen LogP contribution < -0.4 is 5.32 Å². The second-order valence-electron chi connectivity index (χ2n) is 3.01. The average molecular weight is 195 g/mol. The lowest BCUT2D eigenvalue weighted by atomic mass is 10.3. The van der Waals surface area contributed by atoms with Gasteiger partial charge in [-0.1, -0.05) is 0 Å². The first-order valence-corrected chi connectivity index (χ1v) is 4.43. The second-order valence-corrected chi connectivity index (χ2v) is 3.01. The van der Waals surface area contributed by atoms with Crippen molar-refractivity contribution in [3.8, 4) is 0 Å². The Labute approximate surface area is 82.1 Å². The number of aromatic nitrogens is 2. The summed E-state index contributed by atoms with van der Waals surface area (Å²) in [6, 6.07) is 0. The zero-order valence-corrected chi connectivity index (χ0v) is 8.28. The average Bonchev–Trinajstić information content (AvgIpc) is 2.50. The molecule has 0 bridgehead atoms. The van der Waals surface area contributed by atoms with Gasteiger partial charge in [0.15, 0.2) is 0 Å². The molecular weight excluding hydrogens is 182 g/mol. The predicted molar refractivity (Wildman–Crippen MR) is 51.8 cm³/mol. The highest BCUT2D eigenvalue weighted by molar-refractivity contribution is 6.03. The van der Waals surface area contributed by atoms with Gasteiger partial charge < -0.3 is 5.32 Å². The number of hydrogen-bond acceptors (Lipinski definition) is 3. The number of nitrogens with one attached hydrogen (secondary N) is 1. The molecule has 0 fully saturated rings. The first-order chi connectivity index (χ1) is 6.61. The number of amides is 1. The van der Waals surface area contributed by atoms with Crippen LogP contribution in [-0.4, -0.2) is 21.5 Å². The maximum Gasteiger partial charge on any atom is 0.231 e. The molecule has 0 aromatic carbocycles. The lowest BCUT2D eigenvalue weighted by Crippen LogP contribution is -2.14. The fourth-order valence-corrected chi connectivity index (χ4v) is 1.03. The van der Waals surface area contributed by atoms with E-state index in [1.54, 1.807) is 17.1 Å². The molecule has 1 heterocycles. The van der Waals surface area contributed by atoms with Crippen LogP contribution in [-0.2, 0) is 16.1 Å². The third-order valence-electron chi connectivity index (χ3n) is 1.65. The van der Waals surface area contributed by atoms with E-state index < -0.39 is 0 Å². The van der Waals surface area contributed by atoms with E-state index >= 15 is 0 Å². The summed E-state index contributed by atoms with van der Waals surface area (Å²) in [7, 11) is 0. The number of aryl methyl sites for hydroxylation is 1. The van der Waals surface area contributed by atoms with E-state index in [0.717, 1.165) is 6.54 Å². The van der Waals surface area contributed by atoms with Gasteiger partial charge in [-0.05, 0) is 13.8 Å². The van der Waals surface area contributed by atoms with Crippen molar-refractivity contribution in [3.63, 3.8) is 0 Å². The molecule has 0 spiro atoms. The summed E-state index contributed by atoms with van der Waals surface area (Å²) >= 11 is 0. The van der Waals surface area contributed by atoms with Crippen LogP contribution in [0.3, 0.4) is 0 Å². The van der Waals surface area contributed by atoms with Gasteiger partial charge in [0.05, 0.1) is 18.3 Å². The van der Waals surface area contributed by atoms with Crippen LogP contribution in [0.4, 0.5) is 5.69 Å². The monoisotopic (exact) mass is 195 g/mol. The molecule has 0 unspecified atom stereocenters. The summed E-state index contributed by atoms with van der Waals surface area (Å²) < 4.78 is 1.70. The molecule has 0 saturated heterocycles. The summed E-state index contributed by atoms with van der Waals surface area (Å²) in [6.45, 7) is 4.09. The Morgan fingerprint density at radius 3 is 2.79 bits per heavy atom. The fraction of sp³-hybridized carbons (Fsp3) is 0.444. The highest BCUT2D eigenvalue weighted by Crippen LogP contribution is 2.04. The van der Waals surface area contributed by atoms with Crippen LogP contribution in [0.15, 0.2) is 12.4 Å². The Kier molecular flexibility index (Phi) is 3.39. The zero-order valence-electron chi connectivity index (χ0n) is 8.28. The maximum absolute atomic E-state index is 11.2. The normalized spacial score (nSPS) is 9.86. The predicted octanol–water partition coefficient (Wildman–Crippen LogP) is 0.821. The molecule has 1 N–H and O–H groups in total. The number of Topliss-reactive ketones (excluding diaryl/α,β-unsaturated/α-hetero) is 1. The minimum Gasteiger partial charge on any atom is -0.323 e.